The summed E-state index contributed by atoms with van der Waals surface area (Å²) < 4.78 is 0. The van der Waals surface area contributed by atoms with Crippen molar-refractivity contribution >= 4 is 11.3 Å². The fourth-order valence-corrected chi connectivity index (χ4v) is 3.07. The van der Waals surface area contributed by atoms with Crippen molar-refractivity contribution in [2.75, 3.05) is 19.7 Å². The molecule has 92 valence electrons. The van der Waals surface area contributed by atoms with Crippen LogP contribution in [0.4, 0.5) is 0 Å². The quantitative estimate of drug-likeness (QED) is 0.799. The van der Waals surface area contributed by atoms with Crippen molar-refractivity contribution in [2.45, 2.75) is 32.9 Å². The molecule has 0 aromatic carbocycles. The minimum absolute atomic E-state index is 0.180. The summed E-state index contributed by atoms with van der Waals surface area (Å²) in [6.45, 7) is 7.85. The van der Waals surface area contributed by atoms with Gasteiger partial charge in [-0.2, -0.15) is 0 Å². The average molecular weight is 242 g/mol. The van der Waals surface area contributed by atoms with Gasteiger partial charge in [0.1, 0.15) is 0 Å². The number of rotatable bonds is 6. The van der Waals surface area contributed by atoms with Crippen molar-refractivity contribution in [3.05, 3.63) is 21.9 Å². The zero-order chi connectivity index (χ0) is 12.1. The topological polar surface area (TPSA) is 49.5 Å². The van der Waals surface area contributed by atoms with Crippen LogP contribution in [0.1, 0.15) is 30.3 Å². The highest BCUT2D eigenvalue weighted by atomic mass is 32.1. The van der Waals surface area contributed by atoms with E-state index in [2.05, 4.69) is 37.1 Å². The lowest BCUT2D eigenvalue weighted by atomic mass is 10.1. The van der Waals surface area contributed by atoms with Gasteiger partial charge in [-0.25, -0.2) is 0 Å². The van der Waals surface area contributed by atoms with Crippen LogP contribution < -0.4 is 5.73 Å². The molecule has 0 amide bonds. The molecule has 1 unspecified atom stereocenters. The van der Waals surface area contributed by atoms with E-state index in [1.165, 1.54) is 10.4 Å². The third kappa shape index (κ3) is 3.04. The first kappa shape index (κ1) is 13.6. The molecular weight excluding hydrogens is 220 g/mol. The molecule has 3 N–H and O–H groups in total. The highest BCUT2D eigenvalue weighted by Gasteiger charge is 2.23. The molecule has 1 rings (SSSR count). The highest BCUT2D eigenvalue weighted by molar-refractivity contribution is 7.10. The Labute approximate surface area is 102 Å². The summed E-state index contributed by atoms with van der Waals surface area (Å²) >= 11 is 1.75. The van der Waals surface area contributed by atoms with Crippen LogP contribution in [0.5, 0.6) is 0 Å². The normalized spacial score (nSPS) is 13.7. The number of nitrogens with two attached hydrogens (primary N) is 1. The summed E-state index contributed by atoms with van der Waals surface area (Å²) in [5.41, 5.74) is 7.18. The van der Waals surface area contributed by atoms with Crippen molar-refractivity contribution in [1.29, 1.82) is 0 Å². The van der Waals surface area contributed by atoms with E-state index in [1.807, 2.05) is 0 Å². The maximum Gasteiger partial charge on any atom is 0.0570 e. The van der Waals surface area contributed by atoms with Crippen molar-refractivity contribution in [1.82, 2.24) is 4.90 Å². The van der Waals surface area contributed by atoms with E-state index in [1.54, 1.807) is 11.3 Å². The second kappa shape index (κ2) is 6.35. The number of thiophene rings is 1. The minimum atomic E-state index is 0.180. The summed E-state index contributed by atoms with van der Waals surface area (Å²) in [6.07, 6.45) is 0. The molecule has 1 aromatic rings. The predicted molar refractivity (Wildman–Crippen MR) is 69.8 cm³/mol. The third-order valence-electron chi connectivity index (χ3n) is 2.85. The fourth-order valence-electron chi connectivity index (χ4n) is 2.01. The SMILES string of the molecule is Cc1ccsc1C(CN)N(CCO)C(C)C. The molecule has 0 aliphatic rings. The van der Waals surface area contributed by atoms with Crippen LogP contribution in [0.2, 0.25) is 0 Å². The average Bonchev–Trinajstić information content (AvgIpc) is 2.65. The maximum atomic E-state index is 9.12. The zero-order valence-electron chi connectivity index (χ0n) is 10.3. The van der Waals surface area contributed by atoms with E-state index in [0.717, 1.165) is 0 Å². The summed E-state index contributed by atoms with van der Waals surface area (Å²) in [6, 6.07) is 2.74. The van der Waals surface area contributed by atoms with Gasteiger partial charge in [0, 0.05) is 24.0 Å². The number of hydrogen-bond acceptors (Lipinski definition) is 4. The van der Waals surface area contributed by atoms with Gasteiger partial charge in [-0.15, -0.1) is 11.3 Å². The third-order valence-corrected chi connectivity index (χ3v) is 3.97. The van der Waals surface area contributed by atoms with Gasteiger partial charge in [-0.05, 0) is 37.8 Å². The first-order chi connectivity index (χ1) is 7.61. The molecule has 0 spiro atoms. The van der Waals surface area contributed by atoms with E-state index in [-0.39, 0.29) is 12.6 Å². The Morgan fingerprint density at radius 3 is 2.56 bits per heavy atom. The summed E-state index contributed by atoms with van der Waals surface area (Å²) in [5.74, 6) is 0. The first-order valence-corrected chi connectivity index (χ1v) is 6.60. The number of hydrogen-bond donors (Lipinski definition) is 2. The van der Waals surface area contributed by atoms with Crippen LogP contribution in [-0.2, 0) is 0 Å². The minimum Gasteiger partial charge on any atom is -0.395 e. The fraction of sp³-hybridized carbons (Fsp3) is 0.667. The van der Waals surface area contributed by atoms with Crippen molar-refractivity contribution < 1.29 is 5.11 Å². The van der Waals surface area contributed by atoms with Crippen LogP contribution in [0.25, 0.3) is 0 Å². The second-order valence-corrected chi connectivity index (χ2v) is 5.22. The Morgan fingerprint density at radius 2 is 2.19 bits per heavy atom. The molecule has 0 saturated carbocycles. The van der Waals surface area contributed by atoms with E-state index >= 15 is 0 Å². The van der Waals surface area contributed by atoms with Crippen LogP contribution in [-0.4, -0.2) is 35.7 Å². The predicted octanol–water partition coefficient (Wildman–Crippen LogP) is 1.76. The monoisotopic (exact) mass is 242 g/mol. The molecule has 16 heavy (non-hydrogen) atoms. The smallest absolute Gasteiger partial charge is 0.0570 e. The van der Waals surface area contributed by atoms with Crippen molar-refractivity contribution in [3.63, 3.8) is 0 Å². The summed E-state index contributed by atoms with van der Waals surface area (Å²) in [7, 11) is 0. The van der Waals surface area contributed by atoms with Gasteiger partial charge in [-0.1, -0.05) is 0 Å². The van der Waals surface area contributed by atoms with Gasteiger partial charge in [0.15, 0.2) is 0 Å². The second-order valence-electron chi connectivity index (χ2n) is 4.27. The maximum absolute atomic E-state index is 9.12. The van der Waals surface area contributed by atoms with E-state index < -0.39 is 0 Å². The molecule has 1 heterocycles. The molecule has 0 fully saturated rings. The summed E-state index contributed by atoms with van der Waals surface area (Å²) in [4.78, 5) is 3.59. The standard InChI is InChI=1S/C12H22N2OS/c1-9(2)14(5-6-15)11(8-13)12-10(3)4-7-16-12/h4,7,9,11,15H,5-6,8,13H2,1-3H3. The van der Waals surface area contributed by atoms with Crippen LogP contribution in [0, 0.1) is 6.92 Å². The van der Waals surface area contributed by atoms with Crippen LogP contribution >= 0.6 is 11.3 Å². The number of aliphatic hydroxyl groups excluding tert-OH is 1. The lowest BCUT2D eigenvalue weighted by Gasteiger charge is -2.33. The molecule has 3 nitrogen and oxygen atoms in total. The van der Waals surface area contributed by atoms with E-state index in [9.17, 15) is 0 Å². The van der Waals surface area contributed by atoms with Gasteiger partial charge < -0.3 is 10.8 Å². The number of aliphatic hydroxyl groups is 1. The van der Waals surface area contributed by atoms with E-state index in [0.29, 0.717) is 19.1 Å². The van der Waals surface area contributed by atoms with Crippen molar-refractivity contribution in [3.8, 4) is 0 Å². The highest BCUT2D eigenvalue weighted by Crippen LogP contribution is 2.29. The van der Waals surface area contributed by atoms with Gasteiger partial charge >= 0.3 is 0 Å². The molecular formula is C12H22N2OS. The van der Waals surface area contributed by atoms with Gasteiger partial charge in [0.05, 0.1) is 12.6 Å². The molecule has 0 aliphatic heterocycles. The molecule has 1 atom stereocenters. The Balaban J connectivity index is 2.90. The lowest BCUT2D eigenvalue weighted by Crippen LogP contribution is -2.40. The summed E-state index contributed by atoms with van der Waals surface area (Å²) in [5, 5.41) is 11.2. The van der Waals surface area contributed by atoms with Crippen LogP contribution in [0.15, 0.2) is 11.4 Å². The molecule has 0 bridgehead atoms. The Kier molecular flexibility index (Phi) is 5.41. The van der Waals surface area contributed by atoms with Gasteiger partial charge in [-0.3, -0.25) is 4.90 Å². The molecule has 1 aromatic heterocycles. The number of nitrogens with zero attached hydrogens (tertiary/aromatic N) is 1. The molecule has 0 radical (unpaired) electrons. The van der Waals surface area contributed by atoms with Gasteiger partial charge in [0.2, 0.25) is 0 Å². The Bertz CT molecular complexity index is 312. The lowest BCUT2D eigenvalue weighted by molar-refractivity contribution is 0.122. The molecule has 0 saturated heterocycles. The van der Waals surface area contributed by atoms with E-state index in [4.69, 9.17) is 10.8 Å². The largest absolute Gasteiger partial charge is 0.395 e. The number of aryl methyl sites for hydroxylation is 1. The Morgan fingerprint density at radius 1 is 1.50 bits per heavy atom. The molecule has 0 aliphatic carbocycles. The Hall–Kier alpha value is -0.420. The van der Waals surface area contributed by atoms with Crippen LogP contribution in [0.3, 0.4) is 0 Å². The molecule has 4 heteroatoms. The van der Waals surface area contributed by atoms with Crippen molar-refractivity contribution in [2.24, 2.45) is 5.73 Å². The first-order valence-electron chi connectivity index (χ1n) is 5.72. The zero-order valence-corrected chi connectivity index (χ0v) is 11.1. The van der Waals surface area contributed by atoms with Gasteiger partial charge in [0.25, 0.3) is 0 Å².